The summed E-state index contributed by atoms with van der Waals surface area (Å²) in [6.07, 6.45) is 2.46. The molecule has 0 aliphatic carbocycles. The second-order valence-electron chi connectivity index (χ2n) is 7.81. The molecule has 10 heteroatoms. The van der Waals surface area contributed by atoms with Crippen molar-refractivity contribution in [2.45, 2.75) is 13.3 Å². The van der Waals surface area contributed by atoms with Crippen molar-refractivity contribution in [3.63, 3.8) is 0 Å². The van der Waals surface area contributed by atoms with Crippen molar-refractivity contribution in [1.29, 1.82) is 0 Å². The highest BCUT2D eigenvalue weighted by atomic mass is 79.9. The zero-order valence-corrected chi connectivity index (χ0v) is 23.7. The molecule has 1 N–H and O–H groups in total. The maximum Gasteiger partial charge on any atom is 0.285 e. The summed E-state index contributed by atoms with van der Waals surface area (Å²) in [6.45, 7) is 2.82. The molecule has 2 amide bonds. The third kappa shape index (κ3) is 6.93. The van der Waals surface area contributed by atoms with Crippen molar-refractivity contribution < 1.29 is 19.1 Å². The second-order valence-corrected chi connectivity index (χ2v) is 10.8. The number of halogens is 2. The minimum atomic E-state index is -0.465. The molecule has 1 heterocycles. The Morgan fingerprint density at radius 2 is 1.86 bits per heavy atom. The maximum atomic E-state index is 13.0. The summed E-state index contributed by atoms with van der Waals surface area (Å²) in [7, 11) is 0. The Bertz CT molecular complexity index is 1350. The van der Waals surface area contributed by atoms with Crippen LogP contribution in [0.15, 0.2) is 76.1 Å². The molecule has 190 valence electrons. The van der Waals surface area contributed by atoms with E-state index in [0.29, 0.717) is 44.7 Å². The third-order valence-corrected chi connectivity index (χ3v) is 7.37. The molecule has 3 aromatic rings. The number of ether oxygens (including phenoxy) is 2. The van der Waals surface area contributed by atoms with Gasteiger partial charge in [0, 0.05) is 17.0 Å². The Hall–Kier alpha value is -2.85. The molecule has 1 saturated heterocycles. The number of nitrogens with one attached hydrogen (secondary N) is 1. The van der Waals surface area contributed by atoms with Gasteiger partial charge in [-0.15, -0.1) is 0 Å². The average molecular weight is 618 g/mol. The lowest BCUT2D eigenvalue weighted by molar-refractivity contribution is -0.123. The van der Waals surface area contributed by atoms with E-state index in [1.807, 2.05) is 37.3 Å². The molecule has 6 nitrogen and oxygen atoms in total. The summed E-state index contributed by atoms with van der Waals surface area (Å²) < 4.78 is 12.8. The van der Waals surface area contributed by atoms with Gasteiger partial charge in [0.25, 0.3) is 11.8 Å². The predicted molar refractivity (Wildman–Crippen MR) is 155 cm³/mol. The van der Waals surface area contributed by atoms with Gasteiger partial charge in [-0.1, -0.05) is 53.7 Å². The van der Waals surface area contributed by atoms with Crippen LogP contribution >= 0.6 is 51.5 Å². The van der Waals surface area contributed by atoms with E-state index in [1.165, 1.54) is 5.56 Å². The molecule has 0 bridgehead atoms. The minimum absolute atomic E-state index is 0.225. The molecule has 3 aromatic carbocycles. The van der Waals surface area contributed by atoms with Gasteiger partial charge in [0.05, 0.1) is 22.6 Å². The largest absolute Gasteiger partial charge is 0.490 e. The molecule has 0 unspecified atom stereocenters. The van der Waals surface area contributed by atoms with Gasteiger partial charge in [-0.25, -0.2) is 0 Å². The lowest BCUT2D eigenvalue weighted by Crippen LogP contribution is -2.44. The SMILES string of the molecule is CCOc1cc(/C=C2\SC(=S)N(NC(=O)c3ccc(Cl)cc3)C2=O)cc(Br)c1OCCc1ccccc1. The number of benzene rings is 3. The van der Waals surface area contributed by atoms with Crippen LogP contribution in [-0.4, -0.2) is 34.4 Å². The third-order valence-electron chi connectivity index (χ3n) is 5.22. The van der Waals surface area contributed by atoms with Crippen LogP contribution in [0.1, 0.15) is 28.4 Å². The minimum Gasteiger partial charge on any atom is -0.490 e. The highest BCUT2D eigenvalue weighted by Crippen LogP contribution is 2.39. The van der Waals surface area contributed by atoms with Gasteiger partial charge >= 0.3 is 0 Å². The molecule has 37 heavy (non-hydrogen) atoms. The van der Waals surface area contributed by atoms with E-state index < -0.39 is 11.8 Å². The molecule has 0 spiro atoms. The quantitative estimate of drug-likeness (QED) is 0.214. The summed E-state index contributed by atoms with van der Waals surface area (Å²) in [5.41, 5.74) is 4.82. The van der Waals surface area contributed by atoms with Crippen LogP contribution in [0.5, 0.6) is 11.5 Å². The van der Waals surface area contributed by atoms with Crippen molar-refractivity contribution in [3.8, 4) is 11.5 Å². The smallest absolute Gasteiger partial charge is 0.285 e. The van der Waals surface area contributed by atoms with Crippen molar-refractivity contribution >= 4 is 73.7 Å². The highest BCUT2D eigenvalue weighted by molar-refractivity contribution is 9.10. The summed E-state index contributed by atoms with van der Waals surface area (Å²) in [5.74, 6) is 0.266. The van der Waals surface area contributed by atoms with Crippen molar-refractivity contribution in [1.82, 2.24) is 10.4 Å². The topological polar surface area (TPSA) is 67.9 Å². The summed E-state index contributed by atoms with van der Waals surface area (Å²) in [4.78, 5) is 26.0. The fourth-order valence-corrected chi connectivity index (χ4v) is 5.35. The van der Waals surface area contributed by atoms with E-state index in [9.17, 15) is 9.59 Å². The molecule has 0 radical (unpaired) electrons. The lowest BCUT2D eigenvalue weighted by Gasteiger charge is -2.16. The molecule has 0 atom stereocenters. The normalized spacial score (nSPS) is 14.2. The number of thiocarbonyl (C=S) groups is 1. The second kappa shape index (κ2) is 12.6. The van der Waals surface area contributed by atoms with E-state index in [-0.39, 0.29) is 4.32 Å². The van der Waals surface area contributed by atoms with E-state index in [4.69, 9.17) is 33.3 Å². The van der Waals surface area contributed by atoms with Gasteiger partial charge in [0.15, 0.2) is 15.8 Å². The first kappa shape index (κ1) is 27.2. The summed E-state index contributed by atoms with van der Waals surface area (Å²) in [6, 6.07) is 20.1. The first-order valence-electron chi connectivity index (χ1n) is 11.3. The van der Waals surface area contributed by atoms with E-state index in [2.05, 4.69) is 33.5 Å². The first-order chi connectivity index (χ1) is 17.9. The molecular formula is C27H22BrClN2O4S2. The summed E-state index contributed by atoms with van der Waals surface area (Å²) >= 11 is 15.9. The zero-order valence-electron chi connectivity index (χ0n) is 19.7. The number of amides is 2. The first-order valence-corrected chi connectivity index (χ1v) is 13.7. The zero-order chi connectivity index (χ0) is 26.4. The molecule has 0 aromatic heterocycles. The maximum absolute atomic E-state index is 13.0. The highest BCUT2D eigenvalue weighted by Gasteiger charge is 2.34. The molecular weight excluding hydrogens is 596 g/mol. The Morgan fingerprint density at radius 3 is 2.57 bits per heavy atom. The van der Waals surface area contributed by atoms with Gasteiger partial charge < -0.3 is 9.47 Å². The van der Waals surface area contributed by atoms with Crippen molar-refractivity contribution in [2.24, 2.45) is 0 Å². The molecule has 4 rings (SSSR count). The monoisotopic (exact) mass is 616 g/mol. The Kier molecular flexibility index (Phi) is 9.26. The number of rotatable bonds is 9. The van der Waals surface area contributed by atoms with Crippen molar-refractivity contribution in [3.05, 3.63) is 97.8 Å². The van der Waals surface area contributed by atoms with Crippen LogP contribution in [0.25, 0.3) is 6.08 Å². The number of carbonyl (C=O) groups is 2. The van der Waals surface area contributed by atoms with Crippen LogP contribution in [0.3, 0.4) is 0 Å². The van der Waals surface area contributed by atoms with Gasteiger partial charge in [-0.2, -0.15) is 5.01 Å². The van der Waals surface area contributed by atoms with E-state index in [0.717, 1.165) is 28.8 Å². The van der Waals surface area contributed by atoms with Crippen LogP contribution in [-0.2, 0) is 11.2 Å². The molecule has 1 fully saturated rings. The molecule has 1 aliphatic rings. The number of nitrogens with zero attached hydrogens (tertiary/aromatic N) is 1. The lowest BCUT2D eigenvalue weighted by atomic mass is 10.1. The number of hydrazine groups is 1. The van der Waals surface area contributed by atoms with Crippen LogP contribution in [0.4, 0.5) is 0 Å². The van der Waals surface area contributed by atoms with Crippen molar-refractivity contribution in [2.75, 3.05) is 13.2 Å². The predicted octanol–water partition coefficient (Wildman–Crippen LogP) is 6.67. The van der Waals surface area contributed by atoms with E-state index >= 15 is 0 Å². The summed E-state index contributed by atoms with van der Waals surface area (Å²) in [5, 5.41) is 1.58. The number of thioether (sulfide) groups is 1. The Balaban J connectivity index is 1.49. The Labute approximate surface area is 238 Å². The number of hydrogen-bond acceptors (Lipinski definition) is 6. The van der Waals surface area contributed by atoms with Gasteiger partial charge in [0.1, 0.15) is 0 Å². The van der Waals surface area contributed by atoms with Crippen LogP contribution in [0.2, 0.25) is 5.02 Å². The van der Waals surface area contributed by atoms with Gasteiger partial charge in [-0.3, -0.25) is 15.0 Å². The standard InChI is InChI=1S/C27H22BrClN2O4S2/c1-2-34-22-15-18(14-21(28)24(22)35-13-12-17-6-4-3-5-7-17)16-23-26(33)31(27(36)37-23)30-25(32)19-8-10-20(29)11-9-19/h3-11,14-16H,2,12-13H2,1H3,(H,30,32)/b23-16-. The Morgan fingerprint density at radius 1 is 1.14 bits per heavy atom. The number of hydrogen-bond donors (Lipinski definition) is 1. The fraction of sp³-hybridized carbons (Fsp3) is 0.148. The van der Waals surface area contributed by atoms with Crippen LogP contribution < -0.4 is 14.9 Å². The van der Waals surface area contributed by atoms with Gasteiger partial charge in [-0.05, 0) is 88.7 Å². The molecule has 0 saturated carbocycles. The van der Waals surface area contributed by atoms with Crippen LogP contribution in [0, 0.1) is 0 Å². The molecule has 1 aliphatic heterocycles. The number of carbonyl (C=O) groups excluding carboxylic acids is 2. The fourth-order valence-electron chi connectivity index (χ4n) is 3.47. The van der Waals surface area contributed by atoms with Gasteiger partial charge in [0.2, 0.25) is 0 Å². The average Bonchev–Trinajstić information content (AvgIpc) is 3.14. The van der Waals surface area contributed by atoms with E-state index in [1.54, 1.807) is 30.3 Å².